The first-order valence-electron chi connectivity index (χ1n) is 5.83. The van der Waals surface area contributed by atoms with Gasteiger partial charge in [-0.05, 0) is 31.2 Å². The van der Waals surface area contributed by atoms with E-state index < -0.39 is 0 Å². The standard InChI is InChI=1S/C12H15BrN2O2S/c1-18-8-10-3-2-6-14(10)11-5-4-9(13)7-12(11)15(16)17/h4-5,7,10H,2-3,6,8H2,1H3. The highest BCUT2D eigenvalue weighted by atomic mass is 79.9. The van der Waals surface area contributed by atoms with Gasteiger partial charge < -0.3 is 4.90 Å². The molecule has 1 saturated heterocycles. The van der Waals surface area contributed by atoms with Gasteiger partial charge in [0.2, 0.25) is 0 Å². The van der Waals surface area contributed by atoms with E-state index in [1.54, 1.807) is 17.8 Å². The Morgan fingerprint density at radius 2 is 2.39 bits per heavy atom. The molecule has 1 atom stereocenters. The summed E-state index contributed by atoms with van der Waals surface area (Å²) >= 11 is 5.09. The maximum absolute atomic E-state index is 11.1. The number of rotatable bonds is 4. The fraction of sp³-hybridized carbons (Fsp3) is 0.500. The zero-order valence-electron chi connectivity index (χ0n) is 10.1. The molecule has 98 valence electrons. The average Bonchev–Trinajstić information content (AvgIpc) is 2.77. The number of hydrogen-bond donors (Lipinski definition) is 0. The molecule has 4 nitrogen and oxygen atoms in total. The number of benzene rings is 1. The minimum atomic E-state index is -0.297. The summed E-state index contributed by atoms with van der Waals surface area (Å²) in [4.78, 5) is 13.0. The quantitative estimate of drug-likeness (QED) is 0.624. The van der Waals surface area contributed by atoms with Gasteiger partial charge in [0.05, 0.1) is 4.92 Å². The number of nitro benzene ring substituents is 1. The topological polar surface area (TPSA) is 46.4 Å². The van der Waals surface area contributed by atoms with Gasteiger partial charge in [0.25, 0.3) is 5.69 Å². The zero-order valence-corrected chi connectivity index (χ0v) is 12.5. The normalized spacial score (nSPS) is 19.2. The summed E-state index contributed by atoms with van der Waals surface area (Å²) in [7, 11) is 0. The molecule has 0 bridgehead atoms. The molecule has 0 saturated carbocycles. The molecular weight excluding hydrogens is 316 g/mol. The van der Waals surface area contributed by atoms with E-state index >= 15 is 0 Å². The van der Waals surface area contributed by atoms with Gasteiger partial charge in [0.15, 0.2) is 0 Å². The van der Waals surface area contributed by atoms with E-state index in [2.05, 4.69) is 27.1 Å². The molecular formula is C12H15BrN2O2S. The second-order valence-electron chi connectivity index (χ2n) is 4.33. The van der Waals surface area contributed by atoms with Gasteiger partial charge in [-0.15, -0.1) is 0 Å². The van der Waals surface area contributed by atoms with Gasteiger partial charge in [0.1, 0.15) is 5.69 Å². The van der Waals surface area contributed by atoms with Crippen LogP contribution in [0.25, 0.3) is 0 Å². The van der Waals surface area contributed by atoms with Crippen LogP contribution in [0.4, 0.5) is 11.4 Å². The Morgan fingerprint density at radius 3 is 3.06 bits per heavy atom. The van der Waals surface area contributed by atoms with E-state index in [0.717, 1.165) is 35.3 Å². The molecule has 6 heteroatoms. The molecule has 0 spiro atoms. The van der Waals surface area contributed by atoms with Gasteiger partial charge in [-0.3, -0.25) is 10.1 Å². The average molecular weight is 331 g/mol. The lowest BCUT2D eigenvalue weighted by Crippen LogP contribution is -2.31. The summed E-state index contributed by atoms with van der Waals surface area (Å²) in [5.41, 5.74) is 0.942. The predicted molar refractivity (Wildman–Crippen MR) is 79.5 cm³/mol. The fourth-order valence-corrected chi connectivity index (χ4v) is 3.48. The smallest absolute Gasteiger partial charge is 0.293 e. The SMILES string of the molecule is CSCC1CCCN1c1ccc(Br)cc1[N+](=O)[O-]. The van der Waals surface area contributed by atoms with Gasteiger partial charge in [-0.2, -0.15) is 11.8 Å². The molecule has 1 fully saturated rings. The van der Waals surface area contributed by atoms with E-state index in [1.165, 1.54) is 0 Å². The van der Waals surface area contributed by atoms with Crippen LogP contribution in [0.5, 0.6) is 0 Å². The Morgan fingerprint density at radius 1 is 1.61 bits per heavy atom. The molecule has 1 aromatic carbocycles. The van der Waals surface area contributed by atoms with Crippen LogP contribution in [0.3, 0.4) is 0 Å². The Bertz CT molecular complexity index is 456. The number of anilines is 1. The third-order valence-corrected chi connectivity index (χ3v) is 4.39. The molecule has 0 N–H and O–H groups in total. The van der Waals surface area contributed by atoms with Gasteiger partial charge >= 0.3 is 0 Å². The number of nitro groups is 1. The van der Waals surface area contributed by atoms with Gasteiger partial charge in [-0.25, -0.2) is 0 Å². The van der Waals surface area contributed by atoms with Crippen molar-refractivity contribution < 1.29 is 4.92 Å². The second kappa shape index (κ2) is 5.93. The highest BCUT2D eigenvalue weighted by molar-refractivity contribution is 9.10. The number of nitrogens with zero attached hydrogens (tertiary/aromatic N) is 2. The van der Waals surface area contributed by atoms with E-state index in [9.17, 15) is 10.1 Å². The molecule has 0 amide bonds. The number of halogens is 1. The van der Waals surface area contributed by atoms with E-state index in [-0.39, 0.29) is 10.6 Å². The van der Waals surface area contributed by atoms with Crippen LogP contribution >= 0.6 is 27.7 Å². The maximum Gasteiger partial charge on any atom is 0.293 e. The van der Waals surface area contributed by atoms with Crippen molar-refractivity contribution in [2.24, 2.45) is 0 Å². The zero-order chi connectivity index (χ0) is 13.1. The molecule has 1 unspecified atom stereocenters. The van der Waals surface area contributed by atoms with Crippen LogP contribution < -0.4 is 4.90 Å². The molecule has 1 aromatic rings. The van der Waals surface area contributed by atoms with Crippen molar-refractivity contribution in [2.45, 2.75) is 18.9 Å². The first kappa shape index (κ1) is 13.7. The van der Waals surface area contributed by atoms with Crippen molar-refractivity contribution in [1.82, 2.24) is 0 Å². The van der Waals surface area contributed by atoms with Crippen molar-refractivity contribution in [1.29, 1.82) is 0 Å². The van der Waals surface area contributed by atoms with Crippen molar-refractivity contribution in [2.75, 3.05) is 23.5 Å². The number of hydrogen-bond acceptors (Lipinski definition) is 4. The lowest BCUT2D eigenvalue weighted by molar-refractivity contribution is -0.384. The minimum absolute atomic E-state index is 0.192. The first-order valence-corrected chi connectivity index (χ1v) is 8.01. The third kappa shape index (κ3) is 2.80. The van der Waals surface area contributed by atoms with Crippen LogP contribution in [-0.4, -0.2) is 29.5 Å². The molecule has 1 aliphatic heterocycles. The minimum Gasteiger partial charge on any atom is -0.362 e. The van der Waals surface area contributed by atoms with Crippen LogP contribution in [0, 0.1) is 10.1 Å². The Hall–Kier alpha value is -0.750. The summed E-state index contributed by atoms with van der Waals surface area (Å²) in [5, 5.41) is 11.1. The van der Waals surface area contributed by atoms with Crippen molar-refractivity contribution in [3.63, 3.8) is 0 Å². The summed E-state index contributed by atoms with van der Waals surface area (Å²) in [6.45, 7) is 0.910. The van der Waals surface area contributed by atoms with Crippen molar-refractivity contribution in [3.8, 4) is 0 Å². The van der Waals surface area contributed by atoms with Gasteiger partial charge in [-0.1, -0.05) is 15.9 Å². The molecule has 1 aliphatic rings. The first-order chi connectivity index (χ1) is 8.63. The summed E-state index contributed by atoms with van der Waals surface area (Å²) in [5.74, 6) is 1.02. The number of thioether (sulfide) groups is 1. The highest BCUT2D eigenvalue weighted by Crippen LogP contribution is 2.36. The third-order valence-electron chi connectivity index (χ3n) is 3.18. The van der Waals surface area contributed by atoms with Crippen molar-refractivity contribution in [3.05, 3.63) is 32.8 Å². The lowest BCUT2D eigenvalue weighted by Gasteiger charge is -2.26. The van der Waals surface area contributed by atoms with Crippen LogP contribution in [0.2, 0.25) is 0 Å². The summed E-state index contributed by atoms with van der Waals surface area (Å²) in [6.07, 6.45) is 4.30. The monoisotopic (exact) mass is 330 g/mol. The van der Waals surface area contributed by atoms with E-state index in [1.807, 2.05) is 12.1 Å². The van der Waals surface area contributed by atoms with Gasteiger partial charge in [0, 0.05) is 28.9 Å². The Kier molecular flexibility index (Phi) is 4.50. The largest absolute Gasteiger partial charge is 0.362 e. The lowest BCUT2D eigenvalue weighted by atomic mass is 10.2. The molecule has 0 aliphatic carbocycles. The second-order valence-corrected chi connectivity index (χ2v) is 6.16. The van der Waals surface area contributed by atoms with Crippen LogP contribution in [0.15, 0.2) is 22.7 Å². The maximum atomic E-state index is 11.1. The molecule has 2 rings (SSSR count). The fourth-order valence-electron chi connectivity index (χ4n) is 2.40. The predicted octanol–water partition coefficient (Wildman–Crippen LogP) is 3.69. The highest BCUT2D eigenvalue weighted by Gasteiger charge is 2.29. The molecule has 18 heavy (non-hydrogen) atoms. The molecule has 0 aromatic heterocycles. The van der Waals surface area contributed by atoms with E-state index in [4.69, 9.17) is 0 Å². The van der Waals surface area contributed by atoms with E-state index in [0.29, 0.717) is 6.04 Å². The Balaban J connectivity index is 2.34. The Labute approximate surface area is 119 Å². The van der Waals surface area contributed by atoms with Crippen molar-refractivity contribution >= 4 is 39.1 Å². The molecule has 0 radical (unpaired) electrons. The van der Waals surface area contributed by atoms with Crippen LogP contribution in [-0.2, 0) is 0 Å². The summed E-state index contributed by atoms with van der Waals surface area (Å²) < 4.78 is 0.749. The summed E-state index contributed by atoms with van der Waals surface area (Å²) in [6, 6.07) is 5.72. The molecule has 1 heterocycles. The van der Waals surface area contributed by atoms with Crippen LogP contribution in [0.1, 0.15) is 12.8 Å².